The van der Waals surface area contributed by atoms with Crippen LogP contribution in [0.15, 0.2) is 103 Å². The number of esters is 1. The molecule has 0 aliphatic carbocycles. The van der Waals surface area contributed by atoms with Crippen LogP contribution in [-0.4, -0.2) is 5.97 Å². The van der Waals surface area contributed by atoms with E-state index >= 15 is 0 Å². The van der Waals surface area contributed by atoms with Crippen molar-refractivity contribution in [3.8, 4) is 16.9 Å². The number of carbonyl (C=O) groups excluding carboxylic acids is 1. The van der Waals surface area contributed by atoms with Crippen LogP contribution in [0.25, 0.3) is 11.1 Å². The monoisotopic (exact) mass is 376 g/mol. The lowest BCUT2D eigenvalue weighted by Crippen LogP contribution is -2.36. The minimum atomic E-state index is -0.959. The molecule has 5 rings (SSSR count). The molecule has 0 N–H and O–H groups in total. The molecule has 2 nitrogen and oxygen atoms in total. The molecule has 4 aromatic rings. The van der Waals surface area contributed by atoms with Gasteiger partial charge < -0.3 is 4.74 Å². The van der Waals surface area contributed by atoms with Gasteiger partial charge >= 0.3 is 5.97 Å². The smallest absolute Gasteiger partial charge is 0.331 e. The summed E-state index contributed by atoms with van der Waals surface area (Å²) in [7, 11) is 0. The zero-order valence-corrected chi connectivity index (χ0v) is 16.1. The molecular weight excluding hydrogens is 356 g/mol. The molecule has 0 radical (unpaired) electrons. The number of ether oxygens (including phenoxy) is 1. The highest BCUT2D eigenvalue weighted by molar-refractivity contribution is 5.98. The molecule has 1 atom stereocenters. The third kappa shape index (κ3) is 2.68. The van der Waals surface area contributed by atoms with Crippen LogP contribution >= 0.6 is 0 Å². The van der Waals surface area contributed by atoms with E-state index in [4.69, 9.17) is 4.74 Å². The lowest BCUT2D eigenvalue weighted by atomic mass is 9.70. The fourth-order valence-electron chi connectivity index (χ4n) is 4.22. The van der Waals surface area contributed by atoms with Gasteiger partial charge in [-0.1, -0.05) is 103 Å². The Labute approximate surface area is 170 Å². The average molecular weight is 376 g/mol. The molecule has 4 aromatic carbocycles. The number of benzene rings is 4. The molecule has 0 saturated heterocycles. The summed E-state index contributed by atoms with van der Waals surface area (Å²) in [5.74, 6) is 0.369. The molecule has 0 bridgehead atoms. The first-order valence-electron chi connectivity index (χ1n) is 9.74. The molecule has 0 saturated carbocycles. The fraction of sp³-hybridized carbons (Fsp3) is 0.0741. The Bertz CT molecular complexity index is 1180. The fourth-order valence-corrected chi connectivity index (χ4v) is 4.22. The first-order chi connectivity index (χ1) is 14.2. The summed E-state index contributed by atoms with van der Waals surface area (Å²) in [6.07, 6.45) is 0. The number of rotatable bonds is 3. The molecule has 1 unspecified atom stereocenters. The van der Waals surface area contributed by atoms with Crippen LogP contribution in [0.3, 0.4) is 0 Å². The standard InChI is InChI=1S/C27H20O2/c1-19-12-15-23(16-13-19)27(22-10-6-3-7-11-22)24-17-14-21(18-25(24)29-26(27)28)20-8-4-2-5-9-20/h2-18H,1H3. The predicted octanol–water partition coefficient (Wildman–Crippen LogP) is 5.92. The van der Waals surface area contributed by atoms with Crippen molar-refractivity contribution in [3.05, 3.63) is 125 Å². The van der Waals surface area contributed by atoms with Crippen LogP contribution in [0.4, 0.5) is 0 Å². The Morgan fingerprint density at radius 1 is 0.655 bits per heavy atom. The van der Waals surface area contributed by atoms with E-state index < -0.39 is 5.41 Å². The molecule has 29 heavy (non-hydrogen) atoms. The lowest BCUT2D eigenvalue weighted by Gasteiger charge is -2.27. The van der Waals surface area contributed by atoms with Crippen LogP contribution < -0.4 is 4.74 Å². The van der Waals surface area contributed by atoms with Crippen LogP contribution in [0, 0.1) is 6.92 Å². The van der Waals surface area contributed by atoms with Crippen molar-refractivity contribution in [2.24, 2.45) is 0 Å². The Hall–Kier alpha value is -3.65. The highest BCUT2D eigenvalue weighted by Gasteiger charge is 2.52. The minimum Gasteiger partial charge on any atom is -0.425 e. The molecule has 1 aliphatic heterocycles. The summed E-state index contributed by atoms with van der Waals surface area (Å²) in [5.41, 5.74) is 5.05. The van der Waals surface area contributed by atoms with Gasteiger partial charge in [0, 0.05) is 5.56 Å². The summed E-state index contributed by atoms with van der Waals surface area (Å²) in [6, 6.07) is 34.3. The predicted molar refractivity (Wildman–Crippen MR) is 115 cm³/mol. The number of carbonyl (C=O) groups is 1. The van der Waals surface area contributed by atoms with E-state index in [9.17, 15) is 4.79 Å². The first kappa shape index (κ1) is 17.4. The van der Waals surface area contributed by atoms with Gasteiger partial charge in [0.05, 0.1) is 0 Å². The van der Waals surface area contributed by atoms with Gasteiger partial charge in [0.1, 0.15) is 11.2 Å². The van der Waals surface area contributed by atoms with Crippen molar-refractivity contribution in [2.75, 3.05) is 0 Å². The van der Waals surface area contributed by atoms with Crippen molar-refractivity contribution >= 4 is 5.97 Å². The second kappa shape index (κ2) is 6.75. The molecule has 0 fully saturated rings. The minimum absolute atomic E-state index is 0.257. The molecule has 0 amide bonds. The van der Waals surface area contributed by atoms with E-state index in [0.29, 0.717) is 5.75 Å². The van der Waals surface area contributed by atoms with E-state index in [1.54, 1.807) is 0 Å². The highest BCUT2D eigenvalue weighted by Crippen LogP contribution is 2.49. The van der Waals surface area contributed by atoms with Crippen molar-refractivity contribution in [1.29, 1.82) is 0 Å². The quantitative estimate of drug-likeness (QED) is 0.328. The van der Waals surface area contributed by atoms with Gasteiger partial charge in [0.2, 0.25) is 0 Å². The Kier molecular flexibility index (Phi) is 4.06. The zero-order chi connectivity index (χ0) is 19.8. The van der Waals surface area contributed by atoms with Crippen molar-refractivity contribution in [3.63, 3.8) is 0 Å². The van der Waals surface area contributed by atoms with Crippen LogP contribution in [0.2, 0.25) is 0 Å². The Morgan fingerprint density at radius 2 is 1.28 bits per heavy atom. The molecule has 2 heteroatoms. The average Bonchev–Trinajstić information content (AvgIpc) is 3.07. The van der Waals surface area contributed by atoms with Crippen molar-refractivity contribution < 1.29 is 9.53 Å². The second-order valence-electron chi connectivity index (χ2n) is 7.45. The van der Waals surface area contributed by atoms with Gasteiger partial charge in [-0.3, -0.25) is 0 Å². The van der Waals surface area contributed by atoms with Gasteiger partial charge in [-0.05, 0) is 35.2 Å². The van der Waals surface area contributed by atoms with Crippen molar-refractivity contribution in [1.82, 2.24) is 0 Å². The topological polar surface area (TPSA) is 26.3 Å². The number of fused-ring (bicyclic) bond motifs is 1. The lowest BCUT2D eigenvalue weighted by molar-refractivity contribution is -0.135. The Balaban J connectivity index is 1.75. The molecule has 0 aromatic heterocycles. The van der Waals surface area contributed by atoms with Gasteiger partial charge in [-0.2, -0.15) is 0 Å². The molecular formula is C27H20O2. The number of hydrogen-bond donors (Lipinski definition) is 0. The number of aryl methyl sites for hydroxylation is 1. The first-order valence-corrected chi connectivity index (χ1v) is 9.74. The summed E-state index contributed by atoms with van der Waals surface area (Å²) in [6.45, 7) is 2.05. The van der Waals surface area contributed by atoms with Gasteiger partial charge in [-0.15, -0.1) is 0 Å². The van der Waals surface area contributed by atoms with Crippen LogP contribution in [-0.2, 0) is 10.2 Å². The number of hydrogen-bond acceptors (Lipinski definition) is 2. The SMILES string of the molecule is Cc1ccc(C2(c3ccccc3)C(=O)Oc3cc(-c4ccccc4)ccc32)cc1. The maximum atomic E-state index is 13.5. The van der Waals surface area contributed by atoms with E-state index in [-0.39, 0.29) is 5.97 Å². The maximum absolute atomic E-state index is 13.5. The third-order valence-corrected chi connectivity index (χ3v) is 5.69. The summed E-state index contributed by atoms with van der Waals surface area (Å²) in [5, 5.41) is 0. The molecule has 1 aliphatic rings. The van der Waals surface area contributed by atoms with Crippen LogP contribution in [0.1, 0.15) is 22.3 Å². The molecule has 140 valence electrons. The van der Waals surface area contributed by atoms with Gasteiger partial charge in [0.15, 0.2) is 0 Å². The largest absolute Gasteiger partial charge is 0.425 e. The summed E-state index contributed by atoms with van der Waals surface area (Å²) >= 11 is 0. The van der Waals surface area contributed by atoms with Crippen LogP contribution in [0.5, 0.6) is 5.75 Å². The zero-order valence-electron chi connectivity index (χ0n) is 16.1. The Morgan fingerprint density at radius 3 is 1.97 bits per heavy atom. The maximum Gasteiger partial charge on any atom is 0.331 e. The summed E-state index contributed by atoms with van der Waals surface area (Å²) in [4.78, 5) is 13.5. The van der Waals surface area contributed by atoms with E-state index in [2.05, 4.69) is 18.2 Å². The molecule has 0 spiro atoms. The van der Waals surface area contributed by atoms with Crippen molar-refractivity contribution in [2.45, 2.75) is 12.3 Å². The van der Waals surface area contributed by atoms with E-state index in [1.807, 2.05) is 91.9 Å². The summed E-state index contributed by atoms with van der Waals surface area (Å²) < 4.78 is 5.89. The third-order valence-electron chi connectivity index (χ3n) is 5.69. The van der Waals surface area contributed by atoms with Gasteiger partial charge in [0.25, 0.3) is 0 Å². The van der Waals surface area contributed by atoms with Gasteiger partial charge in [-0.25, -0.2) is 4.79 Å². The van der Waals surface area contributed by atoms with E-state index in [1.165, 1.54) is 0 Å². The molecule has 1 heterocycles. The second-order valence-corrected chi connectivity index (χ2v) is 7.45. The normalized spacial score (nSPS) is 17.6. The highest BCUT2D eigenvalue weighted by atomic mass is 16.5. The van der Waals surface area contributed by atoms with E-state index in [0.717, 1.165) is 33.4 Å².